The second-order valence-electron chi connectivity index (χ2n) is 9.29. The molecular formula is C30H38S. The predicted octanol–water partition coefficient (Wildman–Crippen LogP) is 10.2. The maximum absolute atomic E-state index is 2.32. The molecule has 164 valence electrons. The minimum Gasteiger partial charge on any atom is -0.135 e. The fraction of sp³-hybridized carbons (Fsp3) is 0.467. The van der Waals surface area contributed by atoms with E-state index in [1.54, 1.807) is 20.9 Å². The second-order valence-corrected chi connectivity index (χ2v) is 10.3. The van der Waals surface area contributed by atoms with Gasteiger partial charge in [0.15, 0.2) is 0 Å². The highest BCUT2D eigenvalue weighted by Gasteiger charge is 2.37. The molecule has 1 heteroatoms. The third kappa shape index (κ3) is 5.14. The zero-order chi connectivity index (χ0) is 21.5. The molecule has 2 unspecified atom stereocenters. The fourth-order valence-electron chi connectivity index (χ4n) is 5.44. The normalized spacial score (nSPS) is 17.7. The van der Waals surface area contributed by atoms with E-state index in [0.29, 0.717) is 0 Å². The molecule has 1 aromatic heterocycles. The molecule has 2 aromatic carbocycles. The van der Waals surface area contributed by atoms with Crippen molar-refractivity contribution in [1.82, 2.24) is 0 Å². The Bertz CT molecular complexity index is 922. The molecule has 0 N–H and O–H groups in total. The quantitative estimate of drug-likeness (QED) is 0.265. The topological polar surface area (TPSA) is 0 Å². The number of unbranched alkanes of at least 4 members (excludes halogenated alkanes) is 5. The molecule has 1 heterocycles. The van der Waals surface area contributed by atoms with Crippen molar-refractivity contribution in [3.05, 3.63) is 71.8 Å². The maximum Gasteiger partial charge on any atom is 0.0387 e. The van der Waals surface area contributed by atoms with Crippen LogP contribution in [0.3, 0.4) is 0 Å². The monoisotopic (exact) mass is 430 g/mol. The van der Waals surface area contributed by atoms with Crippen molar-refractivity contribution in [2.75, 3.05) is 0 Å². The lowest BCUT2D eigenvalue weighted by Crippen LogP contribution is -1.97. The van der Waals surface area contributed by atoms with Gasteiger partial charge in [-0.3, -0.25) is 0 Å². The zero-order valence-electron chi connectivity index (χ0n) is 19.4. The zero-order valence-corrected chi connectivity index (χ0v) is 20.2. The smallest absolute Gasteiger partial charge is 0.0387 e. The van der Waals surface area contributed by atoms with E-state index in [-0.39, 0.29) is 0 Å². The highest BCUT2D eigenvalue weighted by molar-refractivity contribution is 7.19. The lowest BCUT2D eigenvalue weighted by atomic mass is 9.92. The molecule has 0 spiro atoms. The highest BCUT2D eigenvalue weighted by atomic mass is 32.1. The van der Waals surface area contributed by atoms with E-state index in [9.17, 15) is 0 Å². The summed E-state index contributed by atoms with van der Waals surface area (Å²) in [6.45, 7) is 4.64. The number of benzene rings is 2. The van der Waals surface area contributed by atoms with Crippen LogP contribution in [0.15, 0.2) is 60.7 Å². The lowest BCUT2D eigenvalue weighted by molar-refractivity contribution is 0.490. The summed E-state index contributed by atoms with van der Waals surface area (Å²) in [6, 6.07) is 22.4. The summed E-state index contributed by atoms with van der Waals surface area (Å²) in [7, 11) is 0. The first-order chi connectivity index (χ1) is 15.3. The Hall–Kier alpha value is -1.86. The third-order valence-electron chi connectivity index (χ3n) is 7.00. The predicted molar refractivity (Wildman–Crippen MR) is 138 cm³/mol. The number of rotatable bonds is 11. The average Bonchev–Trinajstić information content (AvgIpc) is 3.37. The Morgan fingerprint density at radius 1 is 0.613 bits per heavy atom. The summed E-state index contributed by atoms with van der Waals surface area (Å²) in [5, 5.41) is 0. The second kappa shape index (κ2) is 11.1. The molecule has 0 nitrogen and oxygen atoms in total. The van der Waals surface area contributed by atoms with Gasteiger partial charge in [0.1, 0.15) is 0 Å². The van der Waals surface area contributed by atoms with Crippen LogP contribution in [0.2, 0.25) is 0 Å². The van der Waals surface area contributed by atoms with E-state index in [0.717, 1.165) is 11.8 Å². The van der Waals surface area contributed by atoms with Crippen molar-refractivity contribution in [2.24, 2.45) is 0 Å². The minimum atomic E-state index is 0.738. The van der Waals surface area contributed by atoms with Crippen molar-refractivity contribution < 1.29 is 0 Å². The first-order valence-corrected chi connectivity index (χ1v) is 13.4. The maximum atomic E-state index is 2.32. The van der Waals surface area contributed by atoms with Gasteiger partial charge in [-0.25, -0.2) is 0 Å². The van der Waals surface area contributed by atoms with Gasteiger partial charge in [-0.1, -0.05) is 119 Å². The number of fused-ring (bicyclic) bond motifs is 1. The van der Waals surface area contributed by atoms with E-state index >= 15 is 0 Å². The molecule has 0 aliphatic heterocycles. The molecule has 0 bridgehead atoms. The van der Waals surface area contributed by atoms with Gasteiger partial charge in [-0.05, 0) is 53.4 Å². The summed E-state index contributed by atoms with van der Waals surface area (Å²) >= 11 is 2.06. The van der Waals surface area contributed by atoms with Crippen LogP contribution >= 0.6 is 11.3 Å². The van der Waals surface area contributed by atoms with E-state index in [1.807, 2.05) is 0 Å². The summed E-state index contributed by atoms with van der Waals surface area (Å²) in [5.41, 5.74) is 6.26. The van der Waals surface area contributed by atoms with E-state index in [4.69, 9.17) is 0 Å². The van der Waals surface area contributed by atoms with Crippen LogP contribution < -0.4 is 0 Å². The van der Waals surface area contributed by atoms with Crippen LogP contribution in [0.4, 0.5) is 0 Å². The molecule has 2 atom stereocenters. The molecule has 31 heavy (non-hydrogen) atoms. The Labute approximate surface area is 193 Å². The molecular weight excluding hydrogens is 392 g/mol. The van der Waals surface area contributed by atoms with E-state index in [2.05, 4.69) is 85.8 Å². The summed E-state index contributed by atoms with van der Waals surface area (Å²) in [5.74, 6) is 1.48. The first kappa shape index (κ1) is 22.3. The number of hydrogen-bond donors (Lipinski definition) is 0. The van der Waals surface area contributed by atoms with Crippen LogP contribution in [0.5, 0.6) is 0 Å². The summed E-state index contributed by atoms with van der Waals surface area (Å²) in [4.78, 5) is 3.10. The molecule has 0 fully saturated rings. The minimum absolute atomic E-state index is 0.738. The molecule has 0 radical (unpaired) electrons. The van der Waals surface area contributed by atoms with Gasteiger partial charge in [-0.15, -0.1) is 11.3 Å². The Morgan fingerprint density at radius 2 is 1.06 bits per heavy atom. The summed E-state index contributed by atoms with van der Waals surface area (Å²) < 4.78 is 0. The fourth-order valence-corrected chi connectivity index (χ4v) is 6.92. The molecule has 0 saturated carbocycles. The Balaban J connectivity index is 1.76. The van der Waals surface area contributed by atoms with Crippen molar-refractivity contribution in [2.45, 2.75) is 89.9 Å². The average molecular weight is 431 g/mol. The SMILES string of the molecule is CCCCCCC1CC(CCCCC)c2c(-c3ccccc3)sc(-c3ccccc3)c21. The molecule has 1 aliphatic carbocycles. The molecule has 0 saturated heterocycles. The standard InChI is InChI=1S/C30H38S/c1-3-5-7-11-21-26-22-25(20-10-6-4-2)27-28(26)30(24-18-14-9-15-19-24)31-29(27)23-16-12-8-13-17-23/h8-9,12-19,25-26H,3-7,10-11,20-22H2,1-2H3. The Morgan fingerprint density at radius 3 is 1.55 bits per heavy atom. The Kier molecular flexibility index (Phi) is 8.03. The lowest BCUT2D eigenvalue weighted by Gasteiger charge is -2.15. The number of thiophene rings is 1. The van der Waals surface area contributed by atoms with Crippen LogP contribution in [0, 0.1) is 0 Å². The highest BCUT2D eigenvalue weighted by Crippen LogP contribution is 2.57. The third-order valence-corrected chi connectivity index (χ3v) is 8.32. The first-order valence-electron chi connectivity index (χ1n) is 12.6. The number of hydrogen-bond acceptors (Lipinski definition) is 1. The van der Waals surface area contributed by atoms with Crippen LogP contribution in [0.25, 0.3) is 20.9 Å². The van der Waals surface area contributed by atoms with Gasteiger partial charge in [0.25, 0.3) is 0 Å². The van der Waals surface area contributed by atoms with Crippen molar-refractivity contribution in [1.29, 1.82) is 0 Å². The van der Waals surface area contributed by atoms with Crippen LogP contribution in [-0.4, -0.2) is 0 Å². The molecule has 1 aliphatic rings. The van der Waals surface area contributed by atoms with Gasteiger partial charge >= 0.3 is 0 Å². The van der Waals surface area contributed by atoms with Gasteiger partial charge in [-0.2, -0.15) is 0 Å². The van der Waals surface area contributed by atoms with Crippen LogP contribution in [0.1, 0.15) is 101 Å². The van der Waals surface area contributed by atoms with E-state index in [1.165, 1.54) is 75.3 Å². The van der Waals surface area contributed by atoms with Crippen molar-refractivity contribution in [3.63, 3.8) is 0 Å². The van der Waals surface area contributed by atoms with E-state index < -0.39 is 0 Å². The van der Waals surface area contributed by atoms with Gasteiger partial charge in [0.2, 0.25) is 0 Å². The van der Waals surface area contributed by atoms with Crippen LogP contribution in [-0.2, 0) is 0 Å². The van der Waals surface area contributed by atoms with Crippen molar-refractivity contribution >= 4 is 11.3 Å². The summed E-state index contributed by atoms with van der Waals surface area (Å²) in [6.07, 6.45) is 13.6. The molecule has 3 aromatic rings. The molecule has 0 amide bonds. The van der Waals surface area contributed by atoms with Gasteiger partial charge < -0.3 is 0 Å². The van der Waals surface area contributed by atoms with Gasteiger partial charge in [0, 0.05) is 9.75 Å². The van der Waals surface area contributed by atoms with Crippen molar-refractivity contribution in [3.8, 4) is 20.9 Å². The van der Waals surface area contributed by atoms with Gasteiger partial charge in [0.05, 0.1) is 0 Å². The molecule has 4 rings (SSSR count). The largest absolute Gasteiger partial charge is 0.135 e.